The molecule has 0 aliphatic heterocycles. The molecule has 114 valence electrons. The molecule has 0 aliphatic rings. The van der Waals surface area contributed by atoms with E-state index in [9.17, 15) is 4.79 Å². The summed E-state index contributed by atoms with van der Waals surface area (Å²) in [6.07, 6.45) is 1.15. The van der Waals surface area contributed by atoms with E-state index in [2.05, 4.69) is 30.4 Å². The second-order valence-electron chi connectivity index (χ2n) is 5.65. The normalized spacial score (nSPS) is 14.6. The van der Waals surface area contributed by atoms with Crippen LogP contribution < -0.4 is 0 Å². The third-order valence-corrected chi connectivity index (χ3v) is 4.42. The molecule has 1 aromatic heterocycles. The van der Waals surface area contributed by atoms with E-state index in [1.807, 2.05) is 19.9 Å². The fourth-order valence-corrected chi connectivity index (χ4v) is 2.52. The van der Waals surface area contributed by atoms with Gasteiger partial charge in [-0.25, -0.2) is 0 Å². The fraction of sp³-hybridized carbons (Fsp3) is 0.688. The first-order valence-corrected chi connectivity index (χ1v) is 7.78. The summed E-state index contributed by atoms with van der Waals surface area (Å²) in [5.41, 5.74) is 2.91. The Morgan fingerprint density at radius 2 is 2.00 bits per heavy atom. The van der Waals surface area contributed by atoms with Gasteiger partial charge in [0.15, 0.2) is 5.78 Å². The third-order valence-electron chi connectivity index (χ3n) is 4.22. The number of halogens is 1. The van der Waals surface area contributed by atoms with Crippen LogP contribution in [0.15, 0.2) is 6.07 Å². The van der Waals surface area contributed by atoms with Gasteiger partial charge in [-0.3, -0.25) is 4.79 Å². The monoisotopic (exact) mass is 298 g/mol. The summed E-state index contributed by atoms with van der Waals surface area (Å²) >= 11 is 5.92. The lowest BCUT2D eigenvalue weighted by Gasteiger charge is -2.24. The van der Waals surface area contributed by atoms with Crippen molar-refractivity contribution in [2.75, 3.05) is 13.6 Å². The van der Waals surface area contributed by atoms with Crippen LogP contribution in [0, 0.1) is 13.8 Å². The van der Waals surface area contributed by atoms with Crippen LogP contribution in [0.4, 0.5) is 0 Å². The van der Waals surface area contributed by atoms with Crippen LogP contribution in [0.2, 0.25) is 0 Å². The van der Waals surface area contributed by atoms with Crippen LogP contribution in [0.3, 0.4) is 0 Å². The first-order valence-electron chi connectivity index (χ1n) is 7.34. The van der Waals surface area contributed by atoms with Crippen molar-refractivity contribution in [1.29, 1.82) is 0 Å². The average molecular weight is 299 g/mol. The van der Waals surface area contributed by atoms with Gasteiger partial charge < -0.3 is 9.47 Å². The van der Waals surface area contributed by atoms with Crippen molar-refractivity contribution < 1.29 is 4.79 Å². The maximum Gasteiger partial charge on any atom is 0.182 e. The number of Topliss-reactive ketones (excluding diaryl/α,β-unsaturated/α-hetero) is 1. The van der Waals surface area contributed by atoms with Gasteiger partial charge in [0.25, 0.3) is 0 Å². The Kier molecular flexibility index (Phi) is 6.28. The highest BCUT2D eigenvalue weighted by Crippen LogP contribution is 2.18. The first-order chi connectivity index (χ1) is 9.29. The molecule has 0 radical (unpaired) electrons. The SMILES string of the molecule is CCC(C)N(C)CCn1c(C)cc(C(=O)C(C)Cl)c1C. The average Bonchev–Trinajstić information content (AvgIpc) is 2.69. The number of aryl methyl sites for hydroxylation is 1. The highest BCUT2D eigenvalue weighted by molar-refractivity contribution is 6.33. The van der Waals surface area contributed by atoms with E-state index in [-0.39, 0.29) is 5.78 Å². The van der Waals surface area contributed by atoms with Gasteiger partial charge in [0.2, 0.25) is 0 Å². The van der Waals surface area contributed by atoms with Gasteiger partial charge in [-0.15, -0.1) is 11.6 Å². The highest BCUT2D eigenvalue weighted by Gasteiger charge is 2.19. The molecule has 0 saturated heterocycles. The van der Waals surface area contributed by atoms with Crippen molar-refractivity contribution in [3.8, 4) is 0 Å². The molecule has 3 nitrogen and oxygen atoms in total. The maximum absolute atomic E-state index is 12.1. The minimum absolute atomic E-state index is 0.0151. The number of aromatic nitrogens is 1. The molecule has 1 heterocycles. The zero-order valence-electron chi connectivity index (χ0n) is 13.5. The van der Waals surface area contributed by atoms with Gasteiger partial charge in [-0.2, -0.15) is 0 Å². The number of nitrogens with zero attached hydrogens (tertiary/aromatic N) is 2. The lowest BCUT2D eigenvalue weighted by Crippen LogP contribution is -2.31. The number of hydrogen-bond donors (Lipinski definition) is 0. The number of alkyl halides is 1. The predicted molar refractivity (Wildman–Crippen MR) is 85.9 cm³/mol. The molecular weight excluding hydrogens is 272 g/mol. The van der Waals surface area contributed by atoms with Crippen molar-refractivity contribution in [1.82, 2.24) is 9.47 Å². The minimum Gasteiger partial charge on any atom is -0.347 e. The second kappa shape index (κ2) is 7.28. The molecule has 0 amide bonds. The summed E-state index contributed by atoms with van der Waals surface area (Å²) < 4.78 is 2.21. The smallest absolute Gasteiger partial charge is 0.182 e. The summed E-state index contributed by atoms with van der Waals surface area (Å²) in [5, 5.41) is -0.466. The van der Waals surface area contributed by atoms with E-state index in [0.717, 1.165) is 36.5 Å². The van der Waals surface area contributed by atoms with E-state index in [0.29, 0.717) is 6.04 Å². The van der Waals surface area contributed by atoms with Gasteiger partial charge in [-0.05, 0) is 47.2 Å². The molecule has 0 aliphatic carbocycles. The van der Waals surface area contributed by atoms with Gasteiger partial charge in [0.05, 0.1) is 5.38 Å². The largest absolute Gasteiger partial charge is 0.347 e. The van der Waals surface area contributed by atoms with Crippen molar-refractivity contribution >= 4 is 17.4 Å². The van der Waals surface area contributed by atoms with Gasteiger partial charge in [-0.1, -0.05) is 6.92 Å². The number of ketones is 1. The second-order valence-corrected chi connectivity index (χ2v) is 6.31. The van der Waals surface area contributed by atoms with Gasteiger partial charge >= 0.3 is 0 Å². The molecule has 0 saturated carbocycles. The minimum atomic E-state index is -0.466. The predicted octanol–water partition coefficient (Wildman–Crippen LogP) is 3.65. The molecule has 20 heavy (non-hydrogen) atoms. The van der Waals surface area contributed by atoms with E-state index in [1.54, 1.807) is 6.92 Å². The third kappa shape index (κ3) is 3.86. The van der Waals surface area contributed by atoms with Crippen LogP contribution in [0.5, 0.6) is 0 Å². The lowest BCUT2D eigenvalue weighted by molar-refractivity contribution is 0.0991. The molecular formula is C16H27ClN2O. The molecule has 0 bridgehead atoms. The maximum atomic E-state index is 12.1. The summed E-state index contributed by atoms with van der Waals surface area (Å²) in [7, 11) is 2.15. The zero-order valence-corrected chi connectivity index (χ0v) is 14.3. The summed E-state index contributed by atoms with van der Waals surface area (Å²) in [6.45, 7) is 12.1. The van der Waals surface area contributed by atoms with E-state index < -0.39 is 5.38 Å². The van der Waals surface area contributed by atoms with Crippen molar-refractivity contribution in [2.45, 2.75) is 59.0 Å². The van der Waals surface area contributed by atoms with Crippen LogP contribution in [-0.2, 0) is 6.54 Å². The van der Waals surface area contributed by atoms with Crippen molar-refractivity contribution in [3.63, 3.8) is 0 Å². The molecule has 2 unspecified atom stereocenters. The Labute approximate surface area is 127 Å². The van der Waals surface area contributed by atoms with Gasteiger partial charge in [0, 0.05) is 36.1 Å². The lowest BCUT2D eigenvalue weighted by atomic mass is 10.1. The standard InChI is InChI=1S/C16H27ClN2O/c1-7-11(2)18(6)8-9-19-12(3)10-15(14(19)5)16(20)13(4)17/h10-11,13H,7-9H2,1-6H3. The van der Waals surface area contributed by atoms with Crippen LogP contribution in [0.25, 0.3) is 0 Å². The van der Waals surface area contributed by atoms with Crippen LogP contribution in [-0.4, -0.2) is 40.3 Å². The Balaban J connectivity index is 2.84. The topological polar surface area (TPSA) is 25.2 Å². The molecule has 1 rings (SSSR count). The number of carbonyl (C=O) groups is 1. The molecule has 0 N–H and O–H groups in total. The first kappa shape index (κ1) is 17.3. The molecule has 0 spiro atoms. The van der Waals surface area contributed by atoms with Crippen LogP contribution in [0.1, 0.15) is 48.9 Å². The highest BCUT2D eigenvalue weighted by atomic mass is 35.5. The zero-order chi connectivity index (χ0) is 15.4. The van der Waals surface area contributed by atoms with E-state index >= 15 is 0 Å². The summed E-state index contributed by atoms with van der Waals surface area (Å²) in [6, 6.07) is 2.54. The fourth-order valence-electron chi connectivity index (χ4n) is 2.40. The van der Waals surface area contributed by atoms with Crippen molar-refractivity contribution in [2.24, 2.45) is 0 Å². The molecule has 0 aromatic carbocycles. The number of hydrogen-bond acceptors (Lipinski definition) is 2. The summed E-state index contributed by atoms with van der Waals surface area (Å²) in [5.74, 6) is 0.0151. The number of carbonyl (C=O) groups excluding carboxylic acids is 1. The molecule has 0 fully saturated rings. The van der Waals surface area contributed by atoms with E-state index in [4.69, 9.17) is 11.6 Å². The number of likely N-dealkylation sites (N-methyl/N-ethyl adjacent to an activating group) is 1. The van der Waals surface area contributed by atoms with Crippen LogP contribution >= 0.6 is 11.6 Å². The Bertz CT molecular complexity index is 465. The number of rotatable bonds is 7. The van der Waals surface area contributed by atoms with Gasteiger partial charge in [0.1, 0.15) is 0 Å². The Hall–Kier alpha value is -0.800. The van der Waals surface area contributed by atoms with E-state index in [1.165, 1.54) is 0 Å². The Morgan fingerprint density at radius 3 is 2.50 bits per heavy atom. The Morgan fingerprint density at radius 1 is 1.40 bits per heavy atom. The molecule has 2 atom stereocenters. The summed E-state index contributed by atoms with van der Waals surface area (Å²) in [4.78, 5) is 14.4. The van der Waals surface area contributed by atoms with Crippen molar-refractivity contribution in [3.05, 3.63) is 23.0 Å². The molecule has 4 heteroatoms. The quantitative estimate of drug-likeness (QED) is 0.567. The molecule has 1 aromatic rings.